The number of hydrogen-bond donors (Lipinski definition) is 1. The second-order valence-electron chi connectivity index (χ2n) is 5.02. The Morgan fingerprint density at radius 1 is 1.33 bits per heavy atom. The quantitative estimate of drug-likeness (QED) is 0.842. The molecule has 2 N–H and O–H groups in total. The summed E-state index contributed by atoms with van der Waals surface area (Å²) in [4.78, 5) is 0. The van der Waals surface area contributed by atoms with Crippen molar-refractivity contribution >= 4 is 0 Å². The molecule has 1 saturated carbocycles. The number of methoxy groups -OCH3 is 1. The van der Waals surface area contributed by atoms with Crippen LogP contribution in [0.3, 0.4) is 0 Å². The molecule has 1 atom stereocenters. The Morgan fingerprint density at radius 3 is 2.61 bits per heavy atom. The summed E-state index contributed by atoms with van der Waals surface area (Å²) < 4.78 is 11.3. The third kappa shape index (κ3) is 2.68. The fourth-order valence-corrected chi connectivity index (χ4v) is 2.65. The topological polar surface area (TPSA) is 44.5 Å². The van der Waals surface area contributed by atoms with E-state index in [-0.39, 0.29) is 11.6 Å². The molecule has 0 amide bonds. The summed E-state index contributed by atoms with van der Waals surface area (Å²) in [5, 5.41) is 0. The molecular weight excluding hydrogens is 226 g/mol. The van der Waals surface area contributed by atoms with Gasteiger partial charge in [0.1, 0.15) is 5.75 Å². The molecule has 1 aliphatic rings. The first-order valence-electron chi connectivity index (χ1n) is 6.73. The van der Waals surface area contributed by atoms with Crippen LogP contribution in [0, 0.1) is 0 Å². The molecule has 0 saturated heterocycles. The van der Waals surface area contributed by atoms with Gasteiger partial charge in [0, 0.05) is 18.7 Å². The van der Waals surface area contributed by atoms with Gasteiger partial charge in [-0.15, -0.1) is 0 Å². The molecule has 3 heteroatoms. The minimum absolute atomic E-state index is 0.00125. The Kier molecular flexibility index (Phi) is 4.25. The lowest BCUT2D eigenvalue weighted by Crippen LogP contribution is -2.41. The van der Waals surface area contributed by atoms with E-state index < -0.39 is 0 Å². The zero-order chi connectivity index (χ0) is 13.0. The van der Waals surface area contributed by atoms with Gasteiger partial charge >= 0.3 is 0 Å². The molecule has 3 nitrogen and oxygen atoms in total. The Bertz CT molecular complexity index is 382. The Labute approximate surface area is 109 Å². The van der Waals surface area contributed by atoms with Gasteiger partial charge in [-0.3, -0.25) is 0 Å². The van der Waals surface area contributed by atoms with Crippen LogP contribution in [-0.2, 0) is 4.74 Å². The zero-order valence-corrected chi connectivity index (χ0v) is 11.3. The first kappa shape index (κ1) is 13.4. The van der Waals surface area contributed by atoms with Crippen LogP contribution in [0.2, 0.25) is 0 Å². The van der Waals surface area contributed by atoms with E-state index in [1.54, 1.807) is 7.11 Å². The van der Waals surface area contributed by atoms with Gasteiger partial charge < -0.3 is 15.2 Å². The Morgan fingerprint density at radius 2 is 2.06 bits per heavy atom. The third-order valence-corrected chi connectivity index (χ3v) is 3.91. The van der Waals surface area contributed by atoms with Crippen molar-refractivity contribution in [1.29, 1.82) is 0 Å². The number of ether oxygens (including phenoxy) is 2. The highest BCUT2D eigenvalue weighted by Crippen LogP contribution is 2.42. The summed E-state index contributed by atoms with van der Waals surface area (Å²) in [5.41, 5.74) is 7.42. The van der Waals surface area contributed by atoms with E-state index in [4.69, 9.17) is 15.2 Å². The lowest BCUT2D eigenvalue weighted by molar-refractivity contribution is -0.0817. The minimum atomic E-state index is -0.0204. The van der Waals surface area contributed by atoms with Gasteiger partial charge in [-0.05, 0) is 38.7 Å². The molecule has 0 spiro atoms. The second kappa shape index (κ2) is 5.72. The van der Waals surface area contributed by atoms with Crippen LogP contribution in [-0.4, -0.2) is 19.3 Å². The third-order valence-electron chi connectivity index (χ3n) is 3.91. The predicted octanol–water partition coefficient (Wildman–Crippen LogP) is 3.04. The zero-order valence-electron chi connectivity index (χ0n) is 11.3. The van der Waals surface area contributed by atoms with Gasteiger partial charge in [0.25, 0.3) is 0 Å². The van der Waals surface area contributed by atoms with Crippen LogP contribution < -0.4 is 10.5 Å². The molecule has 0 aromatic heterocycles. The summed E-state index contributed by atoms with van der Waals surface area (Å²) in [5.74, 6) is 0.901. The van der Waals surface area contributed by atoms with Gasteiger partial charge in [-0.25, -0.2) is 0 Å². The molecule has 1 unspecified atom stereocenters. The highest BCUT2D eigenvalue weighted by molar-refractivity contribution is 5.36. The lowest BCUT2D eigenvalue weighted by atomic mass is 9.75. The van der Waals surface area contributed by atoms with E-state index in [0.717, 1.165) is 30.6 Å². The normalized spacial score (nSPS) is 19.1. The van der Waals surface area contributed by atoms with Gasteiger partial charge in [0.05, 0.1) is 12.2 Å². The minimum Gasteiger partial charge on any atom is -0.494 e. The predicted molar refractivity (Wildman–Crippen MR) is 72.7 cm³/mol. The van der Waals surface area contributed by atoms with Gasteiger partial charge in [0.2, 0.25) is 0 Å². The van der Waals surface area contributed by atoms with E-state index in [2.05, 4.69) is 6.07 Å². The molecule has 18 heavy (non-hydrogen) atoms. The van der Waals surface area contributed by atoms with Crippen molar-refractivity contribution in [1.82, 2.24) is 0 Å². The Hall–Kier alpha value is -1.06. The first-order valence-corrected chi connectivity index (χ1v) is 6.73. The standard InChI is InChI=1S/C15H23NO2/c1-3-18-14-8-5-4-7-12(14)13(16)11-15(17-2)9-6-10-15/h4-5,7-8,13H,3,6,9-11,16H2,1-2H3. The summed E-state index contributed by atoms with van der Waals surface area (Å²) in [6.45, 7) is 2.66. The van der Waals surface area contributed by atoms with E-state index in [0.29, 0.717) is 6.61 Å². The molecule has 1 aromatic carbocycles. The van der Waals surface area contributed by atoms with E-state index in [1.807, 2.05) is 25.1 Å². The average molecular weight is 249 g/mol. The molecular formula is C15H23NO2. The van der Waals surface area contributed by atoms with Crippen molar-refractivity contribution in [3.8, 4) is 5.75 Å². The monoisotopic (exact) mass is 249 g/mol. The van der Waals surface area contributed by atoms with Gasteiger partial charge in [0.15, 0.2) is 0 Å². The fourth-order valence-electron chi connectivity index (χ4n) is 2.65. The first-order chi connectivity index (χ1) is 8.71. The highest BCUT2D eigenvalue weighted by Gasteiger charge is 2.38. The molecule has 1 aromatic rings. The van der Waals surface area contributed by atoms with Crippen LogP contribution in [0.1, 0.15) is 44.2 Å². The number of benzene rings is 1. The van der Waals surface area contributed by atoms with Crippen molar-refractivity contribution in [3.05, 3.63) is 29.8 Å². The molecule has 0 aliphatic heterocycles. The van der Waals surface area contributed by atoms with Crippen LogP contribution in [0.4, 0.5) is 0 Å². The maximum Gasteiger partial charge on any atom is 0.124 e. The number of para-hydroxylation sites is 1. The highest BCUT2D eigenvalue weighted by atomic mass is 16.5. The molecule has 1 aliphatic carbocycles. The summed E-state index contributed by atoms with van der Waals surface area (Å²) >= 11 is 0. The smallest absolute Gasteiger partial charge is 0.124 e. The van der Waals surface area contributed by atoms with Crippen molar-refractivity contribution in [2.45, 2.75) is 44.2 Å². The van der Waals surface area contributed by atoms with Gasteiger partial charge in [-0.1, -0.05) is 18.2 Å². The average Bonchev–Trinajstić information content (AvgIpc) is 2.35. The fraction of sp³-hybridized carbons (Fsp3) is 0.600. The second-order valence-corrected chi connectivity index (χ2v) is 5.02. The molecule has 1 fully saturated rings. The van der Waals surface area contributed by atoms with Crippen molar-refractivity contribution in [2.75, 3.05) is 13.7 Å². The molecule has 100 valence electrons. The molecule has 2 rings (SSSR count). The van der Waals surface area contributed by atoms with E-state index >= 15 is 0 Å². The lowest BCUT2D eigenvalue weighted by Gasteiger charge is -2.42. The molecule has 0 heterocycles. The Balaban J connectivity index is 2.10. The van der Waals surface area contributed by atoms with Crippen LogP contribution >= 0.6 is 0 Å². The summed E-state index contributed by atoms with van der Waals surface area (Å²) in [6, 6.07) is 8.01. The number of nitrogens with two attached hydrogens (primary N) is 1. The number of hydrogen-bond acceptors (Lipinski definition) is 3. The van der Waals surface area contributed by atoms with E-state index in [1.165, 1.54) is 6.42 Å². The van der Waals surface area contributed by atoms with Crippen molar-refractivity contribution in [2.24, 2.45) is 5.73 Å². The van der Waals surface area contributed by atoms with E-state index in [9.17, 15) is 0 Å². The summed E-state index contributed by atoms with van der Waals surface area (Å²) in [6.07, 6.45) is 4.35. The van der Waals surface area contributed by atoms with Crippen LogP contribution in [0.15, 0.2) is 24.3 Å². The van der Waals surface area contributed by atoms with Crippen LogP contribution in [0.5, 0.6) is 5.75 Å². The van der Waals surface area contributed by atoms with Crippen LogP contribution in [0.25, 0.3) is 0 Å². The van der Waals surface area contributed by atoms with Gasteiger partial charge in [-0.2, -0.15) is 0 Å². The number of rotatable bonds is 6. The van der Waals surface area contributed by atoms with Crippen molar-refractivity contribution in [3.63, 3.8) is 0 Å². The maximum absolute atomic E-state index is 6.34. The van der Waals surface area contributed by atoms with Crippen molar-refractivity contribution < 1.29 is 9.47 Å². The molecule has 0 bridgehead atoms. The largest absolute Gasteiger partial charge is 0.494 e. The maximum atomic E-state index is 6.34. The molecule has 0 radical (unpaired) electrons. The summed E-state index contributed by atoms with van der Waals surface area (Å²) in [7, 11) is 1.79. The SMILES string of the molecule is CCOc1ccccc1C(N)CC1(OC)CCC1.